The molecule has 0 rings (SSSR count). The van der Waals surface area contributed by atoms with Gasteiger partial charge in [-0.3, -0.25) is 4.79 Å². The molecule has 0 heterocycles. The molecule has 1 amide bonds. The first kappa shape index (κ1) is 6.21. The van der Waals surface area contributed by atoms with Crippen LogP contribution in [0.5, 0.6) is 0 Å². The number of carbonyl (C=O) groups excluding carboxylic acids is 1. The second kappa shape index (κ2) is 3.40. The molecule has 7 heavy (non-hydrogen) atoms. The van der Waals surface area contributed by atoms with Gasteiger partial charge in [0.2, 0.25) is 5.91 Å². The molecule has 40 valence electrons. The molecule has 0 fully saturated rings. The lowest BCUT2D eigenvalue weighted by molar-refractivity contribution is -0.118. The molecule has 0 radical (unpaired) electrons. The maximum Gasteiger partial charge on any atom is 0.220 e. The van der Waals surface area contributed by atoms with Gasteiger partial charge in [-0.1, -0.05) is 6.08 Å². The van der Waals surface area contributed by atoms with Gasteiger partial charge in [0.15, 0.2) is 0 Å². The van der Waals surface area contributed by atoms with Crippen molar-refractivity contribution in [2.45, 2.75) is 13.8 Å². The summed E-state index contributed by atoms with van der Waals surface area (Å²) in [6, 6.07) is 0. The molecule has 0 aliphatic heterocycles. The summed E-state index contributed by atoms with van der Waals surface area (Å²) >= 11 is 0. The minimum atomic E-state index is -0.0295. The van der Waals surface area contributed by atoms with Crippen molar-refractivity contribution in [1.29, 1.82) is 0 Å². The third-order valence-electron chi connectivity index (χ3n) is 0.453. The number of carbonyl (C=O) groups is 1. The monoisotopic (exact) mass is 99.1 g/mol. The van der Waals surface area contributed by atoms with E-state index in [2.05, 4.69) is 5.32 Å². The van der Waals surface area contributed by atoms with Crippen LogP contribution in [-0.4, -0.2) is 5.91 Å². The van der Waals surface area contributed by atoms with Crippen molar-refractivity contribution in [2.75, 3.05) is 0 Å². The van der Waals surface area contributed by atoms with Crippen molar-refractivity contribution in [3.05, 3.63) is 12.3 Å². The van der Waals surface area contributed by atoms with Crippen LogP contribution in [0, 0.1) is 0 Å². The molecule has 0 aromatic rings. The molecule has 2 nitrogen and oxygen atoms in total. The van der Waals surface area contributed by atoms with Gasteiger partial charge in [-0.15, -0.1) is 0 Å². The van der Waals surface area contributed by atoms with Crippen LogP contribution >= 0.6 is 0 Å². The van der Waals surface area contributed by atoms with Gasteiger partial charge in [0.1, 0.15) is 0 Å². The highest BCUT2D eigenvalue weighted by atomic mass is 16.1. The van der Waals surface area contributed by atoms with Crippen molar-refractivity contribution in [3.63, 3.8) is 0 Å². The molecule has 0 saturated carbocycles. The summed E-state index contributed by atoms with van der Waals surface area (Å²) in [5, 5.41) is 2.48. The zero-order valence-electron chi connectivity index (χ0n) is 4.56. The van der Waals surface area contributed by atoms with E-state index in [0.29, 0.717) is 0 Å². The molecule has 0 aliphatic rings. The van der Waals surface area contributed by atoms with E-state index < -0.39 is 0 Å². The second-order valence-electron chi connectivity index (χ2n) is 1.20. The largest absolute Gasteiger partial charge is 0.333 e. The maximum absolute atomic E-state index is 10.0. The summed E-state index contributed by atoms with van der Waals surface area (Å²) in [5.74, 6) is -0.0295. The second-order valence-corrected chi connectivity index (χ2v) is 1.20. The molecule has 0 saturated heterocycles. The minimum Gasteiger partial charge on any atom is -0.333 e. The van der Waals surface area contributed by atoms with E-state index in [0.717, 1.165) is 0 Å². The molecule has 0 aliphatic carbocycles. The zero-order chi connectivity index (χ0) is 5.70. The Morgan fingerprint density at radius 1 is 1.71 bits per heavy atom. The summed E-state index contributed by atoms with van der Waals surface area (Å²) in [4.78, 5) is 10.0. The molecule has 0 aromatic carbocycles. The first-order valence-corrected chi connectivity index (χ1v) is 2.15. The lowest BCUT2D eigenvalue weighted by Gasteiger charge is -1.85. The Labute approximate surface area is 43.2 Å². The Balaban J connectivity index is 3.14. The first-order chi connectivity index (χ1) is 3.27. The van der Waals surface area contributed by atoms with E-state index in [1.807, 2.05) is 6.92 Å². The lowest BCUT2D eigenvalue weighted by Crippen LogP contribution is -2.10. The van der Waals surface area contributed by atoms with E-state index >= 15 is 0 Å². The van der Waals surface area contributed by atoms with Crippen LogP contribution in [0.2, 0.25) is 0 Å². The van der Waals surface area contributed by atoms with E-state index in [1.54, 1.807) is 12.3 Å². The van der Waals surface area contributed by atoms with Gasteiger partial charge in [0, 0.05) is 6.92 Å². The number of hydrogen-bond donors (Lipinski definition) is 1. The fourth-order valence-corrected chi connectivity index (χ4v) is 0.201. The summed E-state index contributed by atoms with van der Waals surface area (Å²) < 4.78 is 0. The van der Waals surface area contributed by atoms with E-state index in [1.165, 1.54) is 6.92 Å². The average Bonchev–Trinajstić information content (AvgIpc) is 1.61. The highest BCUT2D eigenvalue weighted by molar-refractivity contribution is 5.73. The summed E-state index contributed by atoms with van der Waals surface area (Å²) in [6.45, 7) is 3.32. The quantitative estimate of drug-likeness (QED) is 0.514. The fraction of sp³-hybridized carbons (Fsp3) is 0.400. The van der Waals surface area contributed by atoms with Crippen LogP contribution in [0.1, 0.15) is 13.8 Å². The molecule has 1 N–H and O–H groups in total. The Morgan fingerprint density at radius 2 is 2.29 bits per heavy atom. The Morgan fingerprint density at radius 3 is 2.43 bits per heavy atom. The number of allylic oxidation sites excluding steroid dienone is 1. The van der Waals surface area contributed by atoms with E-state index in [-0.39, 0.29) is 5.91 Å². The normalized spacial score (nSPS) is 9.43. The third-order valence-corrected chi connectivity index (χ3v) is 0.453. The van der Waals surface area contributed by atoms with Crippen molar-refractivity contribution in [2.24, 2.45) is 0 Å². The molecule has 0 spiro atoms. The SMILES string of the molecule is CC=CNC(C)=O. The van der Waals surface area contributed by atoms with E-state index in [9.17, 15) is 4.79 Å². The van der Waals surface area contributed by atoms with Gasteiger partial charge in [-0.05, 0) is 13.1 Å². The van der Waals surface area contributed by atoms with Crippen molar-refractivity contribution in [1.82, 2.24) is 5.32 Å². The standard InChI is InChI=1S/C5H9NO/c1-3-4-6-5(2)7/h3-4H,1-2H3,(H,6,7). The van der Waals surface area contributed by atoms with Crippen LogP contribution in [-0.2, 0) is 4.79 Å². The molecular weight excluding hydrogens is 90.1 g/mol. The number of amides is 1. The van der Waals surface area contributed by atoms with Gasteiger partial charge in [-0.25, -0.2) is 0 Å². The van der Waals surface area contributed by atoms with Crippen LogP contribution in [0.25, 0.3) is 0 Å². The van der Waals surface area contributed by atoms with Crippen molar-refractivity contribution >= 4 is 5.91 Å². The molecule has 0 atom stereocenters. The first-order valence-electron chi connectivity index (χ1n) is 2.15. The topological polar surface area (TPSA) is 29.1 Å². The van der Waals surface area contributed by atoms with Crippen LogP contribution in [0.3, 0.4) is 0 Å². The van der Waals surface area contributed by atoms with Crippen LogP contribution in [0.4, 0.5) is 0 Å². The van der Waals surface area contributed by atoms with Gasteiger partial charge in [0.05, 0.1) is 0 Å². The Kier molecular flexibility index (Phi) is 3.02. The molecule has 2 heteroatoms. The lowest BCUT2D eigenvalue weighted by atomic mass is 10.6. The summed E-state index contributed by atoms with van der Waals surface area (Å²) in [6.07, 6.45) is 3.36. The van der Waals surface area contributed by atoms with Gasteiger partial charge in [0.25, 0.3) is 0 Å². The highest BCUT2D eigenvalue weighted by Crippen LogP contribution is 1.61. The van der Waals surface area contributed by atoms with Gasteiger partial charge in [-0.2, -0.15) is 0 Å². The Hall–Kier alpha value is -0.790. The molecule has 0 unspecified atom stereocenters. The summed E-state index contributed by atoms with van der Waals surface area (Å²) in [7, 11) is 0. The smallest absolute Gasteiger partial charge is 0.220 e. The highest BCUT2D eigenvalue weighted by Gasteiger charge is 1.77. The third kappa shape index (κ3) is 5.21. The molecular formula is C5H9NO. The van der Waals surface area contributed by atoms with Gasteiger partial charge >= 0.3 is 0 Å². The van der Waals surface area contributed by atoms with Gasteiger partial charge < -0.3 is 5.32 Å². The molecule has 0 bridgehead atoms. The number of nitrogens with one attached hydrogen (secondary N) is 1. The number of hydrogen-bond acceptors (Lipinski definition) is 1. The van der Waals surface area contributed by atoms with Crippen LogP contribution < -0.4 is 5.32 Å². The van der Waals surface area contributed by atoms with E-state index in [4.69, 9.17) is 0 Å². The van der Waals surface area contributed by atoms with Crippen molar-refractivity contribution in [3.8, 4) is 0 Å². The minimum absolute atomic E-state index is 0.0295. The summed E-state index contributed by atoms with van der Waals surface area (Å²) in [5.41, 5.74) is 0. The average molecular weight is 99.1 g/mol. The molecule has 0 aromatic heterocycles. The number of rotatable bonds is 1. The Bertz CT molecular complexity index is 86.1. The zero-order valence-corrected chi connectivity index (χ0v) is 4.56. The fourth-order valence-electron chi connectivity index (χ4n) is 0.201. The predicted molar refractivity (Wildman–Crippen MR) is 28.6 cm³/mol. The van der Waals surface area contributed by atoms with Crippen LogP contribution in [0.15, 0.2) is 12.3 Å². The van der Waals surface area contributed by atoms with Crippen molar-refractivity contribution < 1.29 is 4.79 Å². The maximum atomic E-state index is 10.0. The predicted octanol–water partition coefficient (Wildman–Crippen LogP) is 0.656.